The Bertz CT molecular complexity index is 123. The molecule has 2 nitrogen and oxygen atoms in total. The first-order valence-corrected chi connectivity index (χ1v) is 4.55. The van der Waals surface area contributed by atoms with Crippen LogP contribution in [0.3, 0.4) is 0 Å². The van der Waals surface area contributed by atoms with E-state index in [0.717, 1.165) is 18.5 Å². The van der Waals surface area contributed by atoms with Crippen molar-refractivity contribution in [1.29, 1.82) is 0 Å². The van der Waals surface area contributed by atoms with E-state index < -0.39 is 0 Å². The van der Waals surface area contributed by atoms with Gasteiger partial charge in [-0.05, 0) is 33.4 Å². The fourth-order valence-electron chi connectivity index (χ4n) is 1.72. The first kappa shape index (κ1) is 9.01. The van der Waals surface area contributed by atoms with E-state index in [1.165, 1.54) is 6.54 Å². The molecular formula is C9H20N2. The van der Waals surface area contributed by atoms with Crippen molar-refractivity contribution >= 4 is 0 Å². The molecule has 11 heavy (non-hydrogen) atoms. The normalized spacial score (nSPS) is 32.2. The Labute approximate surface area is 70.0 Å². The van der Waals surface area contributed by atoms with Gasteiger partial charge in [0, 0.05) is 18.6 Å². The Morgan fingerprint density at radius 3 is 2.36 bits per heavy atom. The third-order valence-corrected chi connectivity index (χ3v) is 2.81. The number of nitrogens with zero attached hydrogens (tertiary/aromatic N) is 1. The van der Waals surface area contributed by atoms with Crippen molar-refractivity contribution in [2.45, 2.75) is 32.9 Å². The highest BCUT2D eigenvalue weighted by Crippen LogP contribution is 2.15. The van der Waals surface area contributed by atoms with Crippen molar-refractivity contribution in [2.24, 2.45) is 5.92 Å². The molecule has 0 unspecified atom stereocenters. The minimum Gasteiger partial charge on any atom is -0.315 e. The van der Waals surface area contributed by atoms with Gasteiger partial charge in [0.05, 0.1) is 0 Å². The summed E-state index contributed by atoms with van der Waals surface area (Å²) in [5.41, 5.74) is 0. The smallest absolute Gasteiger partial charge is 0.0257 e. The highest BCUT2D eigenvalue weighted by Gasteiger charge is 2.27. The van der Waals surface area contributed by atoms with E-state index >= 15 is 0 Å². The van der Waals surface area contributed by atoms with Gasteiger partial charge in [0.2, 0.25) is 0 Å². The number of likely N-dealkylation sites (N-methyl/N-ethyl adjacent to an activating group) is 1. The zero-order valence-electron chi connectivity index (χ0n) is 8.09. The maximum atomic E-state index is 3.42. The van der Waals surface area contributed by atoms with Gasteiger partial charge in [0.15, 0.2) is 0 Å². The van der Waals surface area contributed by atoms with Crippen molar-refractivity contribution < 1.29 is 0 Å². The second-order valence-electron chi connectivity index (χ2n) is 3.96. The molecule has 1 N–H and O–H groups in total. The molecule has 0 saturated carbocycles. The van der Waals surface area contributed by atoms with Crippen LogP contribution in [0.1, 0.15) is 20.8 Å². The van der Waals surface area contributed by atoms with Crippen molar-refractivity contribution in [3.63, 3.8) is 0 Å². The van der Waals surface area contributed by atoms with Crippen molar-refractivity contribution in [1.82, 2.24) is 10.2 Å². The van der Waals surface area contributed by atoms with Crippen LogP contribution in [-0.2, 0) is 0 Å². The van der Waals surface area contributed by atoms with E-state index in [1.807, 2.05) is 0 Å². The van der Waals surface area contributed by atoms with Crippen LogP contribution >= 0.6 is 0 Å². The summed E-state index contributed by atoms with van der Waals surface area (Å²) in [7, 11) is 2.22. The molecular weight excluding hydrogens is 136 g/mol. The van der Waals surface area contributed by atoms with Gasteiger partial charge in [-0.3, -0.25) is 4.90 Å². The van der Waals surface area contributed by atoms with E-state index in [-0.39, 0.29) is 0 Å². The van der Waals surface area contributed by atoms with Crippen LogP contribution in [0.5, 0.6) is 0 Å². The predicted molar refractivity (Wildman–Crippen MR) is 48.7 cm³/mol. The molecule has 0 aromatic carbocycles. The molecule has 66 valence electrons. The molecule has 0 aromatic rings. The second-order valence-corrected chi connectivity index (χ2v) is 3.96. The van der Waals surface area contributed by atoms with Gasteiger partial charge >= 0.3 is 0 Å². The lowest BCUT2D eigenvalue weighted by atomic mass is 10.0. The molecule has 0 aromatic heterocycles. The van der Waals surface area contributed by atoms with Crippen LogP contribution < -0.4 is 5.32 Å². The Balaban J connectivity index is 2.45. The highest BCUT2D eigenvalue weighted by molar-refractivity contribution is 4.85. The van der Waals surface area contributed by atoms with Crippen LogP contribution in [0.25, 0.3) is 0 Å². The Morgan fingerprint density at radius 1 is 1.36 bits per heavy atom. The third-order valence-electron chi connectivity index (χ3n) is 2.81. The summed E-state index contributed by atoms with van der Waals surface area (Å²) >= 11 is 0. The lowest BCUT2D eigenvalue weighted by Gasteiger charge is -2.30. The molecule has 0 spiro atoms. The molecule has 2 heteroatoms. The summed E-state index contributed by atoms with van der Waals surface area (Å²) in [6, 6.07) is 1.41. The molecule has 0 amide bonds. The van der Waals surface area contributed by atoms with Crippen LogP contribution in [0, 0.1) is 5.92 Å². The summed E-state index contributed by atoms with van der Waals surface area (Å²) < 4.78 is 0. The summed E-state index contributed by atoms with van der Waals surface area (Å²) in [4.78, 5) is 2.46. The van der Waals surface area contributed by atoms with E-state index in [2.05, 4.69) is 38.0 Å². The van der Waals surface area contributed by atoms with Gasteiger partial charge in [-0.25, -0.2) is 0 Å². The van der Waals surface area contributed by atoms with Gasteiger partial charge in [-0.15, -0.1) is 0 Å². The fraction of sp³-hybridized carbons (Fsp3) is 1.00. The second kappa shape index (κ2) is 3.55. The molecule has 0 bridgehead atoms. The first-order chi connectivity index (χ1) is 5.13. The summed E-state index contributed by atoms with van der Waals surface area (Å²) in [6.45, 7) is 9.18. The van der Waals surface area contributed by atoms with Gasteiger partial charge in [-0.1, -0.05) is 6.92 Å². The fourth-order valence-corrected chi connectivity index (χ4v) is 1.72. The van der Waals surface area contributed by atoms with Crippen LogP contribution in [0.15, 0.2) is 0 Å². The number of nitrogens with one attached hydrogen (secondary N) is 1. The van der Waals surface area contributed by atoms with E-state index in [1.54, 1.807) is 0 Å². The lowest BCUT2D eigenvalue weighted by molar-refractivity contribution is 0.177. The summed E-state index contributed by atoms with van der Waals surface area (Å²) in [6.07, 6.45) is 0. The van der Waals surface area contributed by atoms with Crippen molar-refractivity contribution in [3.8, 4) is 0 Å². The highest BCUT2D eigenvalue weighted by atomic mass is 15.2. The molecule has 1 rings (SSSR count). The largest absolute Gasteiger partial charge is 0.315 e. The van der Waals surface area contributed by atoms with Crippen molar-refractivity contribution in [3.05, 3.63) is 0 Å². The monoisotopic (exact) mass is 156 g/mol. The number of hydrogen-bond acceptors (Lipinski definition) is 2. The van der Waals surface area contributed by atoms with Crippen LogP contribution in [0.4, 0.5) is 0 Å². The van der Waals surface area contributed by atoms with E-state index in [4.69, 9.17) is 0 Å². The predicted octanol–water partition coefficient (Wildman–Crippen LogP) is 0.935. The Hall–Kier alpha value is -0.0800. The molecule has 1 fully saturated rings. The van der Waals surface area contributed by atoms with Gasteiger partial charge in [0.1, 0.15) is 0 Å². The van der Waals surface area contributed by atoms with E-state index in [9.17, 15) is 0 Å². The Kier molecular flexibility index (Phi) is 2.90. The minimum absolute atomic E-state index is 0.669. The summed E-state index contributed by atoms with van der Waals surface area (Å²) in [5, 5.41) is 3.42. The summed E-state index contributed by atoms with van der Waals surface area (Å²) in [5.74, 6) is 0.808. The quantitative estimate of drug-likeness (QED) is 0.640. The average molecular weight is 156 g/mol. The van der Waals surface area contributed by atoms with Gasteiger partial charge in [0.25, 0.3) is 0 Å². The molecule has 1 aliphatic heterocycles. The Morgan fingerprint density at radius 2 is 2.00 bits per heavy atom. The topological polar surface area (TPSA) is 15.3 Å². The van der Waals surface area contributed by atoms with Crippen LogP contribution in [0.2, 0.25) is 0 Å². The SMILES string of the molecule is CC(C)N(C)[C@H]1CNC[C@H]1C. The number of rotatable bonds is 2. The molecule has 0 radical (unpaired) electrons. The molecule has 2 atom stereocenters. The van der Waals surface area contributed by atoms with E-state index in [0.29, 0.717) is 6.04 Å². The maximum Gasteiger partial charge on any atom is 0.0257 e. The van der Waals surface area contributed by atoms with Gasteiger partial charge < -0.3 is 5.32 Å². The number of hydrogen-bond donors (Lipinski definition) is 1. The molecule has 1 aliphatic rings. The molecule has 1 saturated heterocycles. The maximum absolute atomic E-state index is 3.42. The molecule has 0 aliphatic carbocycles. The zero-order chi connectivity index (χ0) is 8.43. The standard InChI is InChI=1S/C9H20N2/c1-7(2)11(4)9-6-10-5-8(9)3/h7-10H,5-6H2,1-4H3/t8-,9+/m1/s1. The minimum atomic E-state index is 0.669. The van der Waals surface area contributed by atoms with Crippen LogP contribution in [-0.4, -0.2) is 37.1 Å². The van der Waals surface area contributed by atoms with Crippen molar-refractivity contribution in [2.75, 3.05) is 20.1 Å². The zero-order valence-corrected chi connectivity index (χ0v) is 8.09. The third kappa shape index (κ3) is 1.94. The lowest BCUT2D eigenvalue weighted by Crippen LogP contribution is -2.41. The van der Waals surface area contributed by atoms with Gasteiger partial charge in [-0.2, -0.15) is 0 Å². The first-order valence-electron chi connectivity index (χ1n) is 4.55. The average Bonchev–Trinajstić information content (AvgIpc) is 2.33. The molecule has 1 heterocycles.